The highest BCUT2D eigenvalue weighted by Gasteiger charge is 2.49. The van der Waals surface area contributed by atoms with Gasteiger partial charge in [0.2, 0.25) is 0 Å². The Morgan fingerprint density at radius 3 is 2.73 bits per heavy atom. The fourth-order valence-corrected chi connectivity index (χ4v) is 4.47. The summed E-state index contributed by atoms with van der Waals surface area (Å²) in [6.45, 7) is 0.500. The van der Waals surface area contributed by atoms with Crippen LogP contribution in [0.2, 0.25) is 0 Å². The van der Waals surface area contributed by atoms with E-state index in [0.717, 1.165) is 5.56 Å². The Kier molecular flexibility index (Phi) is 4.63. The summed E-state index contributed by atoms with van der Waals surface area (Å²) in [6.07, 6.45) is 6.35. The number of benzene rings is 1. The van der Waals surface area contributed by atoms with Gasteiger partial charge in [0, 0.05) is 25.2 Å². The second-order valence-electron chi connectivity index (χ2n) is 7.56. The number of aliphatic carboxylic acids is 1. The Morgan fingerprint density at radius 1 is 1.27 bits per heavy atom. The molecule has 4 rings (SSSR count). The molecule has 3 atom stereocenters. The fourth-order valence-electron chi connectivity index (χ4n) is 4.21. The lowest BCUT2D eigenvalue weighted by Gasteiger charge is -2.47. The number of aliphatic hydroxyl groups is 1. The van der Waals surface area contributed by atoms with E-state index in [0.29, 0.717) is 30.5 Å². The normalized spacial score (nSPS) is 32.3. The van der Waals surface area contributed by atoms with E-state index >= 15 is 0 Å². The van der Waals surface area contributed by atoms with E-state index in [1.54, 1.807) is 6.08 Å². The predicted octanol–water partition coefficient (Wildman–Crippen LogP) is 3.44. The third-order valence-corrected chi connectivity index (χ3v) is 6.01. The summed E-state index contributed by atoms with van der Waals surface area (Å²) in [7, 11) is 0. The van der Waals surface area contributed by atoms with Crippen LogP contribution in [0.15, 0.2) is 41.5 Å². The number of nitrogens with zero attached hydrogens (tertiary/aromatic N) is 2. The third kappa shape index (κ3) is 3.20. The van der Waals surface area contributed by atoms with Crippen molar-refractivity contribution in [2.45, 2.75) is 55.7 Å². The quantitative estimate of drug-likeness (QED) is 0.846. The van der Waals surface area contributed by atoms with Crippen LogP contribution in [-0.4, -0.2) is 44.4 Å². The molecule has 1 aliphatic carbocycles. The number of hydrogen-bond donors (Lipinski definition) is 2. The van der Waals surface area contributed by atoms with Gasteiger partial charge in [-0.2, -0.15) is 0 Å². The molecule has 1 aromatic rings. The van der Waals surface area contributed by atoms with E-state index in [1.807, 2.05) is 17.0 Å². The van der Waals surface area contributed by atoms with Crippen LogP contribution in [0.1, 0.15) is 55.2 Å². The maximum absolute atomic E-state index is 12.3. The first-order valence-electron chi connectivity index (χ1n) is 9.17. The third-order valence-electron chi connectivity index (χ3n) is 5.78. The first-order valence-corrected chi connectivity index (χ1v) is 9.55. The van der Waals surface area contributed by atoms with Gasteiger partial charge in [-0.1, -0.05) is 35.9 Å². The van der Waals surface area contributed by atoms with E-state index in [1.165, 1.54) is 24.6 Å². The number of carboxylic acid groups (broad SMARTS) is 1. The Hall–Kier alpha value is -1.69. The smallest absolute Gasteiger partial charge is 0.328 e. The lowest BCUT2D eigenvalue weighted by molar-refractivity contribution is -0.152. The Bertz CT molecular complexity index is 774. The van der Waals surface area contributed by atoms with Gasteiger partial charge in [-0.05, 0) is 48.8 Å². The molecule has 3 unspecified atom stereocenters. The molecule has 5 nitrogen and oxygen atoms in total. The monoisotopic (exact) mass is 374 g/mol. The van der Waals surface area contributed by atoms with Crippen LogP contribution < -0.4 is 0 Å². The molecule has 2 aliphatic heterocycles. The van der Waals surface area contributed by atoms with Crippen molar-refractivity contribution >= 4 is 22.7 Å². The van der Waals surface area contributed by atoms with Gasteiger partial charge in [0.1, 0.15) is 10.7 Å². The molecular formula is C20H23ClN2O3. The fraction of sp³-hybridized carbons (Fsp3) is 0.500. The number of rotatable bonds is 4. The van der Waals surface area contributed by atoms with Crippen molar-refractivity contribution in [3.8, 4) is 0 Å². The van der Waals surface area contributed by atoms with Crippen LogP contribution in [0.4, 0.5) is 0 Å². The molecule has 2 N–H and O–H groups in total. The van der Waals surface area contributed by atoms with Crippen LogP contribution >= 0.6 is 11.6 Å². The average molecular weight is 375 g/mol. The number of likely N-dealkylation sites (tertiary alicyclic amines) is 1. The lowest BCUT2D eigenvalue weighted by atomic mass is 9.83. The van der Waals surface area contributed by atoms with Gasteiger partial charge in [0.15, 0.2) is 0 Å². The van der Waals surface area contributed by atoms with Crippen molar-refractivity contribution in [2.24, 2.45) is 4.99 Å². The Balaban J connectivity index is 1.73. The maximum Gasteiger partial charge on any atom is 0.328 e. The number of carboxylic acids is 1. The van der Waals surface area contributed by atoms with Gasteiger partial charge in [-0.15, -0.1) is 0 Å². The van der Waals surface area contributed by atoms with Crippen LogP contribution in [0.25, 0.3) is 0 Å². The largest absolute Gasteiger partial charge is 0.480 e. The number of piperidine rings is 1. The van der Waals surface area contributed by atoms with Crippen LogP contribution in [0.5, 0.6) is 0 Å². The topological polar surface area (TPSA) is 73.1 Å². The van der Waals surface area contributed by atoms with Crippen molar-refractivity contribution in [3.05, 3.63) is 47.7 Å². The summed E-state index contributed by atoms with van der Waals surface area (Å²) in [5, 5.41) is 20.7. The van der Waals surface area contributed by atoms with E-state index < -0.39 is 17.6 Å². The summed E-state index contributed by atoms with van der Waals surface area (Å²) < 4.78 is 0. The molecule has 0 amide bonds. The molecule has 6 heteroatoms. The average Bonchev–Trinajstić information content (AvgIpc) is 3.46. The lowest BCUT2D eigenvalue weighted by Crippen LogP contribution is -2.58. The van der Waals surface area contributed by atoms with E-state index in [-0.39, 0.29) is 12.5 Å². The van der Waals surface area contributed by atoms with Crippen molar-refractivity contribution in [2.75, 3.05) is 6.54 Å². The number of carbonyl (C=O) groups is 1. The molecule has 2 heterocycles. The molecule has 0 radical (unpaired) electrons. The summed E-state index contributed by atoms with van der Waals surface area (Å²) in [6, 6.07) is 8.24. The minimum atomic E-state index is -1.22. The highest BCUT2D eigenvalue weighted by Crippen LogP contribution is 2.44. The first-order chi connectivity index (χ1) is 12.5. The van der Waals surface area contributed by atoms with Crippen molar-refractivity contribution in [1.29, 1.82) is 0 Å². The van der Waals surface area contributed by atoms with Gasteiger partial charge in [0.05, 0.1) is 6.10 Å². The SMILES string of the molecule is O=C(O)C1(N2CCC(O)CC2c2cccc(C3CC3)c2)C=CN=C(Cl)C1. The van der Waals surface area contributed by atoms with E-state index in [4.69, 9.17) is 11.6 Å². The first kappa shape index (κ1) is 17.7. The second kappa shape index (κ2) is 6.80. The van der Waals surface area contributed by atoms with Gasteiger partial charge >= 0.3 is 5.97 Å². The molecule has 0 aromatic heterocycles. The highest BCUT2D eigenvalue weighted by molar-refractivity contribution is 6.65. The standard InChI is InChI=1S/C20H23ClN2O3/c21-18-12-20(19(25)26,7-8-22-18)23-9-6-16(24)11-17(23)15-3-1-2-14(10-15)13-4-5-13/h1-3,7-8,10,13,16-17,24H,4-6,9,11-12H2,(H,25,26). The Labute approximate surface area is 158 Å². The van der Waals surface area contributed by atoms with Crippen LogP contribution in [0.3, 0.4) is 0 Å². The van der Waals surface area contributed by atoms with Gasteiger partial charge < -0.3 is 10.2 Å². The zero-order valence-electron chi connectivity index (χ0n) is 14.5. The van der Waals surface area contributed by atoms with E-state index in [2.05, 4.69) is 17.1 Å². The molecule has 2 fully saturated rings. The molecule has 26 heavy (non-hydrogen) atoms. The minimum absolute atomic E-state index is 0.148. The van der Waals surface area contributed by atoms with Crippen LogP contribution in [0, 0.1) is 0 Å². The molecule has 1 saturated carbocycles. The molecule has 0 spiro atoms. The summed E-state index contributed by atoms with van der Waals surface area (Å²) in [4.78, 5) is 18.3. The number of aliphatic hydroxyl groups excluding tert-OH is 1. The summed E-state index contributed by atoms with van der Waals surface area (Å²) in [5.41, 5.74) is 1.16. The molecule has 138 valence electrons. The number of hydrogen-bond acceptors (Lipinski definition) is 4. The van der Waals surface area contributed by atoms with Crippen molar-refractivity contribution < 1.29 is 15.0 Å². The second-order valence-corrected chi connectivity index (χ2v) is 8.00. The van der Waals surface area contributed by atoms with Crippen molar-refractivity contribution in [3.63, 3.8) is 0 Å². The molecular weight excluding hydrogens is 352 g/mol. The van der Waals surface area contributed by atoms with E-state index in [9.17, 15) is 15.0 Å². The van der Waals surface area contributed by atoms with Gasteiger partial charge in [-0.25, -0.2) is 9.79 Å². The maximum atomic E-state index is 12.3. The highest BCUT2D eigenvalue weighted by atomic mass is 35.5. The number of aliphatic imine (C=N–C) groups is 1. The molecule has 3 aliphatic rings. The molecule has 0 bridgehead atoms. The summed E-state index contributed by atoms with van der Waals surface area (Å²) >= 11 is 6.12. The minimum Gasteiger partial charge on any atom is -0.480 e. The van der Waals surface area contributed by atoms with Gasteiger partial charge in [0.25, 0.3) is 0 Å². The molecule has 1 saturated heterocycles. The van der Waals surface area contributed by atoms with Crippen molar-refractivity contribution in [1.82, 2.24) is 4.90 Å². The Morgan fingerprint density at radius 2 is 2.04 bits per heavy atom. The zero-order valence-corrected chi connectivity index (χ0v) is 15.3. The van der Waals surface area contributed by atoms with Gasteiger partial charge in [-0.3, -0.25) is 4.90 Å². The summed E-state index contributed by atoms with van der Waals surface area (Å²) in [5.74, 6) is -0.303. The number of halogens is 1. The van der Waals surface area contributed by atoms with Crippen LogP contribution in [-0.2, 0) is 4.79 Å². The molecule has 1 aromatic carbocycles. The zero-order chi connectivity index (χ0) is 18.3. The predicted molar refractivity (Wildman–Crippen MR) is 101 cm³/mol.